The van der Waals surface area contributed by atoms with Crippen molar-refractivity contribution in [3.8, 4) is 0 Å². The Morgan fingerprint density at radius 3 is 2.42 bits per heavy atom. The molecule has 3 N–H and O–H groups in total. The smallest absolute Gasteiger partial charge is 0.305 e. The first kappa shape index (κ1) is 14.3. The second-order valence-electron chi connectivity index (χ2n) is 5.52. The second kappa shape index (κ2) is 5.88. The topological polar surface area (TPSA) is 92.9 Å². The Labute approximate surface area is 112 Å². The summed E-state index contributed by atoms with van der Waals surface area (Å²) in [4.78, 5) is 24.4. The number of amides is 1. The van der Waals surface area contributed by atoms with Crippen LogP contribution in [0.1, 0.15) is 38.5 Å². The maximum absolute atomic E-state index is 12.2. The third-order valence-corrected chi connectivity index (χ3v) is 4.07. The molecule has 108 valence electrons. The van der Waals surface area contributed by atoms with Gasteiger partial charge in [-0.2, -0.15) is 0 Å². The fourth-order valence-corrected chi connectivity index (χ4v) is 2.62. The lowest BCUT2D eigenvalue weighted by atomic mass is 9.76. The van der Waals surface area contributed by atoms with Gasteiger partial charge in [0.25, 0.3) is 0 Å². The van der Waals surface area contributed by atoms with Crippen molar-refractivity contribution in [1.82, 2.24) is 4.90 Å². The number of carboxylic acids is 1. The molecule has 0 radical (unpaired) electrons. The van der Waals surface area contributed by atoms with E-state index in [0.717, 1.165) is 32.1 Å². The van der Waals surface area contributed by atoms with Crippen LogP contribution in [0.3, 0.4) is 0 Å². The summed E-state index contributed by atoms with van der Waals surface area (Å²) < 4.78 is 5.50. The molecule has 2 fully saturated rings. The predicted molar refractivity (Wildman–Crippen MR) is 68.6 cm³/mol. The summed E-state index contributed by atoms with van der Waals surface area (Å²) in [7, 11) is 0. The van der Waals surface area contributed by atoms with Crippen molar-refractivity contribution in [2.75, 3.05) is 19.7 Å². The molecule has 0 spiro atoms. The maximum Gasteiger partial charge on any atom is 0.305 e. The third-order valence-electron chi connectivity index (χ3n) is 4.07. The van der Waals surface area contributed by atoms with E-state index in [1.54, 1.807) is 0 Å². The molecule has 6 nitrogen and oxygen atoms in total. The molecule has 2 aliphatic rings. The number of piperidine rings is 1. The number of carbonyl (C=O) groups is 2. The molecule has 1 aliphatic carbocycles. The quantitative estimate of drug-likeness (QED) is 0.752. The van der Waals surface area contributed by atoms with Crippen molar-refractivity contribution in [2.24, 2.45) is 5.73 Å². The van der Waals surface area contributed by atoms with E-state index in [1.165, 1.54) is 0 Å². The summed E-state index contributed by atoms with van der Waals surface area (Å²) in [6, 6.07) is 0. The molecule has 0 bridgehead atoms. The van der Waals surface area contributed by atoms with Crippen molar-refractivity contribution < 1.29 is 19.4 Å². The highest BCUT2D eigenvalue weighted by molar-refractivity contribution is 5.87. The van der Waals surface area contributed by atoms with Crippen molar-refractivity contribution in [3.05, 3.63) is 0 Å². The van der Waals surface area contributed by atoms with Crippen LogP contribution in [-0.2, 0) is 14.3 Å². The highest BCUT2D eigenvalue weighted by Crippen LogP contribution is 2.31. The lowest BCUT2D eigenvalue weighted by Crippen LogP contribution is -2.60. The van der Waals surface area contributed by atoms with Gasteiger partial charge in [0.1, 0.15) is 0 Å². The number of nitrogens with two attached hydrogens (primary N) is 1. The Kier molecular flexibility index (Phi) is 4.42. The monoisotopic (exact) mass is 270 g/mol. The average molecular weight is 270 g/mol. The van der Waals surface area contributed by atoms with Crippen LogP contribution >= 0.6 is 0 Å². The van der Waals surface area contributed by atoms with Gasteiger partial charge >= 0.3 is 5.97 Å². The van der Waals surface area contributed by atoms with Crippen molar-refractivity contribution in [3.63, 3.8) is 0 Å². The van der Waals surface area contributed by atoms with Crippen LogP contribution in [-0.4, -0.2) is 53.2 Å². The number of rotatable bonds is 5. The van der Waals surface area contributed by atoms with Crippen molar-refractivity contribution in [1.29, 1.82) is 0 Å². The summed E-state index contributed by atoms with van der Waals surface area (Å²) in [5.41, 5.74) is 5.42. The average Bonchev–Trinajstić information content (AvgIpc) is 2.35. The van der Waals surface area contributed by atoms with Crippen LogP contribution in [0.15, 0.2) is 0 Å². The molecule has 0 aromatic heterocycles. The summed E-state index contributed by atoms with van der Waals surface area (Å²) in [6.45, 7) is 1.57. The van der Waals surface area contributed by atoms with Gasteiger partial charge in [-0.15, -0.1) is 0 Å². The van der Waals surface area contributed by atoms with Crippen molar-refractivity contribution >= 4 is 11.9 Å². The van der Waals surface area contributed by atoms with E-state index in [1.807, 2.05) is 4.90 Å². The highest BCUT2D eigenvalue weighted by Gasteiger charge is 2.43. The largest absolute Gasteiger partial charge is 0.481 e. The molecule has 1 amide bonds. The Balaban J connectivity index is 1.70. The minimum absolute atomic E-state index is 0.0328. The fraction of sp³-hybridized carbons (Fsp3) is 0.846. The molecule has 19 heavy (non-hydrogen) atoms. The first-order valence-electron chi connectivity index (χ1n) is 6.93. The molecule has 1 aliphatic heterocycles. The summed E-state index contributed by atoms with van der Waals surface area (Å²) >= 11 is 0. The summed E-state index contributed by atoms with van der Waals surface area (Å²) in [6.07, 6.45) is 4.26. The second-order valence-corrected chi connectivity index (χ2v) is 5.52. The van der Waals surface area contributed by atoms with Gasteiger partial charge < -0.3 is 20.5 Å². The molecule has 0 unspecified atom stereocenters. The molecule has 6 heteroatoms. The van der Waals surface area contributed by atoms with Crippen LogP contribution in [0.25, 0.3) is 0 Å². The Hall–Kier alpha value is -1.14. The molecule has 0 aromatic carbocycles. The Bertz CT molecular complexity index is 347. The summed E-state index contributed by atoms with van der Waals surface area (Å²) in [5.74, 6) is -0.773. The number of ether oxygens (including phenoxy) is 1. The SMILES string of the molecule is NC1(C(=O)N2CCC(OCCC(=O)O)CC2)CCC1. The molecular formula is C13H22N2O4. The number of hydrogen-bond acceptors (Lipinski definition) is 4. The van der Waals surface area contributed by atoms with Gasteiger partial charge in [0, 0.05) is 13.1 Å². The van der Waals surface area contributed by atoms with Gasteiger partial charge in [-0.05, 0) is 32.1 Å². The number of carbonyl (C=O) groups excluding carboxylic acids is 1. The molecule has 0 atom stereocenters. The van der Waals surface area contributed by atoms with Crippen molar-refractivity contribution in [2.45, 2.75) is 50.2 Å². The van der Waals surface area contributed by atoms with Gasteiger partial charge in [-0.3, -0.25) is 9.59 Å². The van der Waals surface area contributed by atoms with Gasteiger partial charge in [-0.1, -0.05) is 0 Å². The van der Waals surface area contributed by atoms with E-state index in [-0.39, 0.29) is 25.0 Å². The standard InChI is InChI=1S/C13H22N2O4/c14-13(5-1-6-13)12(18)15-7-2-10(3-8-15)19-9-4-11(16)17/h10H,1-9,14H2,(H,16,17). The van der Waals surface area contributed by atoms with Gasteiger partial charge in [-0.25, -0.2) is 0 Å². The van der Waals surface area contributed by atoms with E-state index in [2.05, 4.69) is 0 Å². The molecule has 1 saturated heterocycles. The van der Waals surface area contributed by atoms with Gasteiger partial charge in [0.15, 0.2) is 0 Å². The van der Waals surface area contributed by atoms with E-state index < -0.39 is 11.5 Å². The van der Waals surface area contributed by atoms with Gasteiger partial charge in [0.05, 0.1) is 24.7 Å². The van der Waals surface area contributed by atoms with E-state index in [4.69, 9.17) is 15.6 Å². The molecule has 1 saturated carbocycles. The number of aliphatic carboxylic acids is 1. The number of hydrogen-bond donors (Lipinski definition) is 2. The first-order chi connectivity index (χ1) is 9.01. The lowest BCUT2D eigenvalue weighted by molar-refractivity contribution is -0.143. The zero-order valence-electron chi connectivity index (χ0n) is 11.1. The molecule has 0 aromatic rings. The first-order valence-corrected chi connectivity index (χ1v) is 6.93. The van der Waals surface area contributed by atoms with E-state index in [0.29, 0.717) is 13.1 Å². The number of likely N-dealkylation sites (tertiary alicyclic amines) is 1. The minimum Gasteiger partial charge on any atom is -0.481 e. The maximum atomic E-state index is 12.2. The summed E-state index contributed by atoms with van der Waals surface area (Å²) in [5, 5.41) is 8.53. The Morgan fingerprint density at radius 1 is 1.32 bits per heavy atom. The van der Waals surface area contributed by atoms with Crippen LogP contribution in [0, 0.1) is 0 Å². The number of carboxylic acid groups (broad SMARTS) is 1. The Morgan fingerprint density at radius 2 is 1.95 bits per heavy atom. The van der Waals surface area contributed by atoms with Crippen LogP contribution in [0.4, 0.5) is 0 Å². The zero-order valence-corrected chi connectivity index (χ0v) is 11.1. The lowest BCUT2D eigenvalue weighted by Gasteiger charge is -2.42. The normalized spacial score (nSPS) is 22.9. The molecule has 1 heterocycles. The van der Waals surface area contributed by atoms with Crippen LogP contribution in [0.2, 0.25) is 0 Å². The fourth-order valence-electron chi connectivity index (χ4n) is 2.62. The highest BCUT2D eigenvalue weighted by atomic mass is 16.5. The van der Waals surface area contributed by atoms with Gasteiger partial charge in [0.2, 0.25) is 5.91 Å². The van der Waals surface area contributed by atoms with E-state index >= 15 is 0 Å². The predicted octanol–water partition coefficient (Wildman–Crippen LogP) is 0.350. The number of nitrogens with zero attached hydrogens (tertiary/aromatic N) is 1. The van der Waals surface area contributed by atoms with E-state index in [9.17, 15) is 9.59 Å². The van der Waals surface area contributed by atoms with Crippen LogP contribution in [0.5, 0.6) is 0 Å². The molecule has 2 rings (SSSR count). The van der Waals surface area contributed by atoms with Crippen LogP contribution < -0.4 is 5.73 Å². The minimum atomic E-state index is -0.845. The molecular weight excluding hydrogens is 248 g/mol. The zero-order chi connectivity index (χ0) is 13.9. The third kappa shape index (κ3) is 3.45.